The summed E-state index contributed by atoms with van der Waals surface area (Å²) in [5.41, 5.74) is 5.16. The summed E-state index contributed by atoms with van der Waals surface area (Å²) in [6.07, 6.45) is 3.52. The van der Waals surface area contributed by atoms with Crippen LogP contribution in [0.4, 0.5) is 0 Å². The van der Waals surface area contributed by atoms with Gasteiger partial charge in [0.1, 0.15) is 11.3 Å². The van der Waals surface area contributed by atoms with Crippen molar-refractivity contribution in [2.24, 2.45) is 0 Å². The molecule has 0 fully saturated rings. The lowest BCUT2D eigenvalue weighted by molar-refractivity contribution is 0.398. The van der Waals surface area contributed by atoms with Crippen LogP contribution in [0.1, 0.15) is 0 Å². The van der Waals surface area contributed by atoms with Crippen LogP contribution in [-0.4, -0.2) is 37.7 Å². The SMILES string of the molecule is COc1ccc(-c2ccnc3cc(-c4ccc(-c5nn[nH]n5)cc4)oc23)cn1. The number of rotatable bonds is 4. The molecule has 1 N–H and O–H groups in total. The molecule has 0 atom stereocenters. The number of hydrogen-bond donors (Lipinski definition) is 1. The third-order valence-electron chi connectivity index (χ3n) is 4.44. The Balaban J connectivity index is 1.54. The van der Waals surface area contributed by atoms with Crippen molar-refractivity contribution >= 4 is 11.1 Å². The number of furan rings is 1. The van der Waals surface area contributed by atoms with Crippen LogP contribution in [0.2, 0.25) is 0 Å². The maximum atomic E-state index is 6.16. The van der Waals surface area contributed by atoms with Crippen molar-refractivity contribution in [1.82, 2.24) is 30.6 Å². The maximum Gasteiger partial charge on any atom is 0.212 e. The minimum absolute atomic E-state index is 0.548. The molecule has 4 heterocycles. The van der Waals surface area contributed by atoms with Crippen molar-refractivity contribution in [1.29, 1.82) is 0 Å². The molecule has 5 rings (SSSR count). The first-order valence-electron chi connectivity index (χ1n) is 8.55. The Morgan fingerprint density at radius 2 is 1.75 bits per heavy atom. The van der Waals surface area contributed by atoms with Gasteiger partial charge >= 0.3 is 0 Å². The lowest BCUT2D eigenvalue weighted by atomic mass is 10.1. The standard InChI is InChI=1S/C20H14N6O2/c1-27-18-7-6-14(11-22-18)15-8-9-21-16-10-17(28-19(15)16)12-2-4-13(5-3-12)20-23-25-26-24-20/h2-11H,1H3,(H,23,24,25,26). The van der Waals surface area contributed by atoms with Gasteiger partial charge in [-0.3, -0.25) is 4.98 Å². The molecule has 136 valence electrons. The van der Waals surface area contributed by atoms with Gasteiger partial charge in [-0.2, -0.15) is 5.21 Å². The molecule has 0 amide bonds. The summed E-state index contributed by atoms with van der Waals surface area (Å²) in [4.78, 5) is 8.71. The number of tetrazole rings is 1. The first-order valence-corrected chi connectivity index (χ1v) is 8.55. The molecule has 0 bridgehead atoms. The molecule has 0 aliphatic heterocycles. The van der Waals surface area contributed by atoms with Crippen molar-refractivity contribution in [2.45, 2.75) is 0 Å². The van der Waals surface area contributed by atoms with Crippen LogP contribution in [-0.2, 0) is 0 Å². The van der Waals surface area contributed by atoms with Crippen LogP contribution in [0.3, 0.4) is 0 Å². The fourth-order valence-electron chi connectivity index (χ4n) is 3.04. The lowest BCUT2D eigenvalue weighted by Crippen LogP contribution is -1.87. The van der Waals surface area contributed by atoms with Gasteiger partial charge in [-0.05, 0) is 17.3 Å². The van der Waals surface area contributed by atoms with Crippen molar-refractivity contribution in [3.63, 3.8) is 0 Å². The van der Waals surface area contributed by atoms with Crippen molar-refractivity contribution in [3.8, 4) is 39.7 Å². The Labute approximate surface area is 159 Å². The Morgan fingerprint density at radius 3 is 2.46 bits per heavy atom. The predicted octanol–water partition coefficient (Wildman–Crippen LogP) is 3.75. The summed E-state index contributed by atoms with van der Waals surface area (Å²) in [7, 11) is 1.59. The first-order chi connectivity index (χ1) is 13.8. The zero-order chi connectivity index (χ0) is 18.9. The molecule has 0 radical (unpaired) electrons. The van der Waals surface area contributed by atoms with Crippen LogP contribution >= 0.6 is 0 Å². The van der Waals surface area contributed by atoms with Crippen molar-refractivity contribution in [3.05, 3.63) is 60.9 Å². The number of methoxy groups -OCH3 is 1. The molecule has 5 aromatic rings. The van der Waals surface area contributed by atoms with Gasteiger partial charge in [0.05, 0.1) is 7.11 Å². The monoisotopic (exact) mass is 370 g/mol. The van der Waals surface area contributed by atoms with E-state index in [4.69, 9.17) is 9.15 Å². The molecule has 28 heavy (non-hydrogen) atoms. The third kappa shape index (κ3) is 2.77. The van der Waals surface area contributed by atoms with Gasteiger partial charge in [0, 0.05) is 46.8 Å². The van der Waals surface area contributed by atoms with E-state index in [2.05, 4.69) is 30.6 Å². The van der Waals surface area contributed by atoms with E-state index < -0.39 is 0 Å². The fourth-order valence-corrected chi connectivity index (χ4v) is 3.04. The minimum Gasteiger partial charge on any atom is -0.481 e. The number of nitrogens with one attached hydrogen (secondary N) is 1. The van der Waals surface area contributed by atoms with E-state index in [9.17, 15) is 0 Å². The second kappa shape index (κ2) is 6.58. The smallest absolute Gasteiger partial charge is 0.212 e. The summed E-state index contributed by atoms with van der Waals surface area (Å²) < 4.78 is 11.3. The molecule has 0 aliphatic rings. The van der Waals surface area contributed by atoms with E-state index in [0.29, 0.717) is 17.3 Å². The normalized spacial score (nSPS) is 11.0. The highest BCUT2D eigenvalue weighted by Gasteiger charge is 2.13. The molecule has 0 unspecified atom stereocenters. The van der Waals surface area contributed by atoms with Gasteiger partial charge in [0.15, 0.2) is 5.58 Å². The second-order valence-electron chi connectivity index (χ2n) is 6.09. The largest absolute Gasteiger partial charge is 0.481 e. The number of nitrogens with zero attached hydrogens (tertiary/aromatic N) is 5. The van der Waals surface area contributed by atoms with E-state index in [0.717, 1.165) is 33.5 Å². The Kier molecular flexibility index (Phi) is 3.79. The number of aromatic amines is 1. The number of pyridine rings is 2. The number of ether oxygens (including phenoxy) is 1. The maximum absolute atomic E-state index is 6.16. The highest BCUT2D eigenvalue weighted by molar-refractivity contribution is 5.92. The van der Waals surface area contributed by atoms with Gasteiger partial charge in [0.25, 0.3) is 0 Å². The zero-order valence-electron chi connectivity index (χ0n) is 14.8. The average Bonchev–Trinajstić information content (AvgIpc) is 3.44. The molecule has 0 spiro atoms. The Hall–Kier alpha value is -4.07. The molecule has 4 aromatic heterocycles. The van der Waals surface area contributed by atoms with Gasteiger partial charge < -0.3 is 9.15 Å². The van der Waals surface area contributed by atoms with Crippen LogP contribution in [0.5, 0.6) is 5.88 Å². The molecule has 0 saturated carbocycles. The summed E-state index contributed by atoms with van der Waals surface area (Å²) in [5, 5.41) is 14.0. The minimum atomic E-state index is 0.548. The Morgan fingerprint density at radius 1 is 0.929 bits per heavy atom. The van der Waals surface area contributed by atoms with E-state index in [1.54, 1.807) is 19.5 Å². The van der Waals surface area contributed by atoms with Crippen LogP contribution < -0.4 is 4.74 Å². The predicted molar refractivity (Wildman–Crippen MR) is 102 cm³/mol. The molecular weight excluding hydrogens is 356 g/mol. The van der Waals surface area contributed by atoms with Crippen LogP contribution in [0.25, 0.3) is 44.9 Å². The zero-order valence-corrected chi connectivity index (χ0v) is 14.8. The van der Waals surface area contributed by atoms with Gasteiger partial charge in [-0.25, -0.2) is 4.98 Å². The molecular formula is C20H14N6O2. The summed E-state index contributed by atoms with van der Waals surface area (Å²) in [6, 6.07) is 15.4. The topological polar surface area (TPSA) is 103 Å². The van der Waals surface area contributed by atoms with E-state index in [1.807, 2.05) is 48.5 Å². The van der Waals surface area contributed by atoms with Gasteiger partial charge in [0.2, 0.25) is 11.7 Å². The van der Waals surface area contributed by atoms with Gasteiger partial charge in [-0.15, -0.1) is 10.2 Å². The number of H-pyrrole nitrogens is 1. The third-order valence-corrected chi connectivity index (χ3v) is 4.44. The number of benzene rings is 1. The molecule has 1 aromatic carbocycles. The van der Waals surface area contributed by atoms with E-state index in [1.165, 1.54) is 0 Å². The molecule has 0 aliphatic carbocycles. The van der Waals surface area contributed by atoms with Crippen molar-refractivity contribution in [2.75, 3.05) is 7.11 Å². The highest BCUT2D eigenvalue weighted by atomic mass is 16.5. The fraction of sp³-hybridized carbons (Fsp3) is 0.0500. The number of fused-ring (bicyclic) bond motifs is 1. The van der Waals surface area contributed by atoms with Crippen LogP contribution in [0, 0.1) is 0 Å². The van der Waals surface area contributed by atoms with Crippen molar-refractivity contribution < 1.29 is 9.15 Å². The van der Waals surface area contributed by atoms with E-state index in [-0.39, 0.29) is 0 Å². The second-order valence-corrected chi connectivity index (χ2v) is 6.09. The summed E-state index contributed by atoms with van der Waals surface area (Å²) >= 11 is 0. The quantitative estimate of drug-likeness (QED) is 0.514. The highest BCUT2D eigenvalue weighted by Crippen LogP contribution is 2.34. The lowest BCUT2D eigenvalue weighted by Gasteiger charge is -2.03. The number of hydrogen-bond acceptors (Lipinski definition) is 7. The Bertz CT molecular complexity index is 1230. The average molecular weight is 370 g/mol. The summed E-state index contributed by atoms with van der Waals surface area (Å²) in [5.74, 6) is 1.85. The number of aromatic nitrogens is 6. The molecule has 8 heteroatoms. The van der Waals surface area contributed by atoms with Crippen LogP contribution in [0.15, 0.2) is 65.3 Å². The van der Waals surface area contributed by atoms with E-state index >= 15 is 0 Å². The van der Waals surface area contributed by atoms with Gasteiger partial charge in [-0.1, -0.05) is 24.3 Å². The molecule has 8 nitrogen and oxygen atoms in total. The summed E-state index contributed by atoms with van der Waals surface area (Å²) in [6.45, 7) is 0. The molecule has 0 saturated heterocycles. The first kappa shape index (κ1) is 16.1.